The van der Waals surface area contributed by atoms with Gasteiger partial charge in [-0.25, -0.2) is 4.79 Å². The Kier molecular flexibility index (Phi) is 6.81. The van der Waals surface area contributed by atoms with E-state index in [2.05, 4.69) is 5.32 Å². The lowest BCUT2D eigenvalue weighted by Crippen LogP contribution is -2.49. The second-order valence-corrected chi connectivity index (χ2v) is 9.19. The monoisotopic (exact) mass is 499 g/mol. The number of urea groups is 1. The van der Waals surface area contributed by atoms with Crippen LogP contribution in [0.25, 0.3) is 0 Å². The molecule has 3 aromatic carbocycles. The highest BCUT2D eigenvalue weighted by Gasteiger charge is 2.53. The van der Waals surface area contributed by atoms with Gasteiger partial charge >= 0.3 is 6.03 Å². The second-order valence-electron chi connectivity index (χ2n) is 9.19. The van der Waals surface area contributed by atoms with E-state index in [0.29, 0.717) is 30.2 Å². The maximum absolute atomic E-state index is 13.8. The fourth-order valence-electron chi connectivity index (χ4n) is 4.85. The topological polar surface area (TPSA) is 88.2 Å². The molecule has 37 heavy (non-hydrogen) atoms. The Balaban J connectivity index is 1.33. The number of hydrogen-bond acceptors (Lipinski definition) is 5. The third-order valence-corrected chi connectivity index (χ3v) is 6.77. The molecule has 0 radical (unpaired) electrons. The number of benzene rings is 3. The van der Waals surface area contributed by atoms with Crippen molar-refractivity contribution in [3.8, 4) is 11.5 Å². The van der Waals surface area contributed by atoms with Crippen LogP contribution in [-0.2, 0) is 21.5 Å². The van der Waals surface area contributed by atoms with Crippen LogP contribution < -0.4 is 14.8 Å². The number of ether oxygens (including phenoxy) is 2. The minimum Gasteiger partial charge on any atom is -0.486 e. The van der Waals surface area contributed by atoms with Crippen LogP contribution in [-0.4, -0.2) is 60.0 Å². The van der Waals surface area contributed by atoms with Crippen molar-refractivity contribution in [1.82, 2.24) is 15.1 Å². The lowest BCUT2D eigenvalue weighted by atomic mass is 9.83. The minimum atomic E-state index is -1.29. The number of hydrogen-bond donors (Lipinski definition) is 1. The summed E-state index contributed by atoms with van der Waals surface area (Å²) in [6, 6.07) is 25.5. The Morgan fingerprint density at radius 1 is 0.973 bits per heavy atom. The van der Waals surface area contributed by atoms with E-state index < -0.39 is 17.5 Å². The van der Waals surface area contributed by atoms with E-state index in [1.165, 1.54) is 0 Å². The van der Waals surface area contributed by atoms with E-state index in [1.807, 2.05) is 91.9 Å². The van der Waals surface area contributed by atoms with Crippen LogP contribution in [0.5, 0.6) is 11.5 Å². The Morgan fingerprint density at radius 3 is 2.32 bits per heavy atom. The first kappa shape index (κ1) is 24.4. The molecule has 2 heterocycles. The molecule has 0 aromatic heterocycles. The van der Waals surface area contributed by atoms with Gasteiger partial charge in [-0.15, -0.1) is 0 Å². The first-order valence-corrected chi connectivity index (χ1v) is 12.4. The number of amides is 4. The summed E-state index contributed by atoms with van der Waals surface area (Å²) in [7, 11) is 0. The quantitative estimate of drug-likeness (QED) is 0.480. The average Bonchev–Trinajstić information content (AvgIpc) is 3.17. The summed E-state index contributed by atoms with van der Waals surface area (Å²) in [5.74, 6) is 0.521. The van der Waals surface area contributed by atoms with E-state index >= 15 is 0 Å². The fourth-order valence-corrected chi connectivity index (χ4v) is 4.85. The molecule has 1 fully saturated rings. The fraction of sp³-hybridized carbons (Fsp3) is 0.276. The van der Waals surface area contributed by atoms with Gasteiger partial charge in [-0.05, 0) is 30.2 Å². The summed E-state index contributed by atoms with van der Waals surface area (Å²) in [6.45, 7) is 2.48. The van der Waals surface area contributed by atoms with Crippen molar-refractivity contribution >= 4 is 17.8 Å². The van der Waals surface area contributed by atoms with Crippen molar-refractivity contribution in [3.05, 3.63) is 96.1 Å². The summed E-state index contributed by atoms with van der Waals surface area (Å²) in [6.07, 6.45) is -0.0829. The van der Waals surface area contributed by atoms with Gasteiger partial charge in [-0.2, -0.15) is 0 Å². The molecule has 2 unspecified atom stereocenters. The summed E-state index contributed by atoms with van der Waals surface area (Å²) in [5, 5.41) is 2.91. The highest BCUT2D eigenvalue weighted by molar-refractivity contribution is 6.09. The predicted molar refractivity (Wildman–Crippen MR) is 137 cm³/mol. The summed E-state index contributed by atoms with van der Waals surface area (Å²) in [4.78, 5) is 42.9. The smallest absolute Gasteiger partial charge is 0.325 e. The standard InChI is InChI=1S/C29H29N3O5/c1-2-31(18-23-20-36-24-15-9-10-16-25(24)37-23)26(33)19-32-27(34)29(30-28(32)35,22-13-7-4-8-14-22)17-21-11-5-3-6-12-21/h3-16,23H,2,17-20H2,1H3,(H,30,35). The Morgan fingerprint density at radius 2 is 1.62 bits per heavy atom. The number of imide groups is 1. The summed E-state index contributed by atoms with van der Waals surface area (Å²) >= 11 is 0. The van der Waals surface area contributed by atoms with E-state index in [-0.39, 0.29) is 31.5 Å². The molecular formula is C29H29N3O5. The third kappa shape index (κ3) is 4.87. The van der Waals surface area contributed by atoms with Gasteiger partial charge in [0.2, 0.25) is 5.91 Å². The van der Waals surface area contributed by atoms with Crippen molar-refractivity contribution in [1.29, 1.82) is 0 Å². The van der Waals surface area contributed by atoms with Crippen LogP contribution in [0.3, 0.4) is 0 Å². The molecule has 190 valence electrons. The zero-order valence-corrected chi connectivity index (χ0v) is 20.6. The third-order valence-electron chi connectivity index (χ3n) is 6.77. The van der Waals surface area contributed by atoms with Gasteiger partial charge in [0.25, 0.3) is 5.91 Å². The average molecular weight is 500 g/mol. The summed E-state index contributed by atoms with van der Waals surface area (Å²) < 4.78 is 11.8. The van der Waals surface area contributed by atoms with Crippen molar-refractivity contribution in [3.63, 3.8) is 0 Å². The highest BCUT2D eigenvalue weighted by atomic mass is 16.6. The van der Waals surface area contributed by atoms with E-state index in [0.717, 1.165) is 10.5 Å². The number of carbonyl (C=O) groups is 3. The van der Waals surface area contributed by atoms with Gasteiger partial charge in [0.05, 0.1) is 6.54 Å². The molecule has 2 atom stereocenters. The SMILES string of the molecule is CCN(CC1COc2ccccc2O1)C(=O)CN1C(=O)NC(Cc2ccccc2)(c2ccccc2)C1=O. The predicted octanol–water partition coefficient (Wildman–Crippen LogP) is 3.36. The number of fused-ring (bicyclic) bond motifs is 1. The first-order chi connectivity index (χ1) is 18.0. The van der Waals surface area contributed by atoms with Crippen LogP contribution in [0, 0.1) is 0 Å². The molecular weight excluding hydrogens is 470 g/mol. The molecule has 8 heteroatoms. The molecule has 0 spiro atoms. The molecule has 1 saturated heterocycles. The van der Waals surface area contributed by atoms with Crippen molar-refractivity contribution in [2.45, 2.75) is 25.0 Å². The van der Waals surface area contributed by atoms with Crippen LogP contribution in [0.1, 0.15) is 18.1 Å². The largest absolute Gasteiger partial charge is 0.486 e. The van der Waals surface area contributed by atoms with Gasteiger partial charge in [-0.1, -0.05) is 72.8 Å². The molecule has 5 rings (SSSR count). The molecule has 0 bridgehead atoms. The number of carbonyl (C=O) groups excluding carboxylic acids is 3. The maximum atomic E-state index is 13.8. The van der Waals surface area contributed by atoms with Gasteiger partial charge in [0.15, 0.2) is 23.1 Å². The second kappa shape index (κ2) is 10.3. The molecule has 3 aromatic rings. The zero-order chi connectivity index (χ0) is 25.8. The molecule has 4 amide bonds. The number of rotatable bonds is 8. The zero-order valence-electron chi connectivity index (χ0n) is 20.6. The number of likely N-dealkylation sites (N-methyl/N-ethyl adjacent to an activating group) is 1. The molecule has 0 aliphatic carbocycles. The minimum absolute atomic E-state index is 0.275. The van der Waals surface area contributed by atoms with Gasteiger partial charge in [0.1, 0.15) is 13.2 Å². The molecule has 2 aliphatic rings. The van der Waals surface area contributed by atoms with Gasteiger partial charge < -0.3 is 19.7 Å². The van der Waals surface area contributed by atoms with E-state index in [1.54, 1.807) is 4.90 Å². The van der Waals surface area contributed by atoms with Gasteiger partial charge in [-0.3, -0.25) is 14.5 Å². The number of nitrogens with zero attached hydrogens (tertiary/aromatic N) is 2. The Labute approximate surface area is 215 Å². The van der Waals surface area contributed by atoms with Gasteiger partial charge in [0, 0.05) is 13.0 Å². The lowest BCUT2D eigenvalue weighted by Gasteiger charge is -2.31. The number of nitrogens with one attached hydrogen (secondary N) is 1. The molecule has 8 nitrogen and oxygen atoms in total. The summed E-state index contributed by atoms with van der Waals surface area (Å²) in [5.41, 5.74) is 0.283. The maximum Gasteiger partial charge on any atom is 0.325 e. The number of para-hydroxylation sites is 2. The van der Waals surface area contributed by atoms with Crippen molar-refractivity contribution in [2.75, 3.05) is 26.2 Å². The molecule has 2 aliphatic heterocycles. The molecule has 0 saturated carbocycles. The van der Waals surface area contributed by atoms with Crippen LogP contribution in [0.4, 0.5) is 4.79 Å². The van der Waals surface area contributed by atoms with Crippen LogP contribution in [0.15, 0.2) is 84.9 Å². The highest BCUT2D eigenvalue weighted by Crippen LogP contribution is 2.33. The lowest BCUT2D eigenvalue weighted by molar-refractivity contribution is -0.140. The normalized spacial score (nSPS) is 20.5. The Hall–Kier alpha value is -4.33. The van der Waals surface area contributed by atoms with E-state index in [9.17, 15) is 14.4 Å². The van der Waals surface area contributed by atoms with E-state index in [4.69, 9.17) is 9.47 Å². The Bertz CT molecular complexity index is 1280. The molecule has 1 N–H and O–H groups in total. The van der Waals surface area contributed by atoms with Crippen LogP contribution >= 0.6 is 0 Å². The van der Waals surface area contributed by atoms with Crippen molar-refractivity contribution < 1.29 is 23.9 Å². The first-order valence-electron chi connectivity index (χ1n) is 12.4. The van der Waals surface area contributed by atoms with Crippen LogP contribution in [0.2, 0.25) is 0 Å². The van der Waals surface area contributed by atoms with Crippen molar-refractivity contribution in [2.24, 2.45) is 0 Å².